The fourth-order valence-corrected chi connectivity index (χ4v) is 4.70. The van der Waals surface area contributed by atoms with Crippen LogP contribution in [0.5, 0.6) is 0 Å². The Balaban J connectivity index is 1.37. The Morgan fingerprint density at radius 1 is 1.17 bits per heavy atom. The standard InChI is InChI=1S/C20H20N6O3S/c1-30(28,29)25-10-9-13-11-15(5-8-18(13)25)20(27)21-16-4-2-3-14(12-16)19-22-23-24-26(19)17-6-7-17/h2-5,8,11-12,17H,6-7,9-10H2,1H3,(H,21,27). The largest absolute Gasteiger partial charge is 0.322 e. The Morgan fingerprint density at radius 3 is 2.77 bits per heavy atom. The molecule has 30 heavy (non-hydrogen) atoms. The van der Waals surface area contributed by atoms with Gasteiger partial charge in [0.25, 0.3) is 5.91 Å². The zero-order chi connectivity index (χ0) is 20.9. The Bertz CT molecular complexity index is 1250. The van der Waals surface area contributed by atoms with Crippen LogP contribution >= 0.6 is 0 Å². The summed E-state index contributed by atoms with van der Waals surface area (Å²) in [6.45, 7) is 0.400. The summed E-state index contributed by atoms with van der Waals surface area (Å²) in [6.07, 6.45) is 3.92. The van der Waals surface area contributed by atoms with Gasteiger partial charge in [-0.05, 0) is 65.6 Å². The summed E-state index contributed by atoms with van der Waals surface area (Å²) in [5.74, 6) is 0.432. The number of sulfonamides is 1. The number of amides is 1. The van der Waals surface area contributed by atoms with E-state index in [0.717, 1.165) is 24.0 Å². The van der Waals surface area contributed by atoms with Gasteiger partial charge < -0.3 is 5.32 Å². The first kappa shape index (κ1) is 18.7. The number of rotatable bonds is 5. The average molecular weight is 424 g/mol. The number of carbonyl (C=O) groups is 1. The molecule has 9 nitrogen and oxygen atoms in total. The van der Waals surface area contributed by atoms with Crippen molar-refractivity contribution in [1.29, 1.82) is 0 Å². The molecule has 1 aliphatic heterocycles. The first-order valence-electron chi connectivity index (χ1n) is 9.70. The molecule has 154 valence electrons. The second-order valence-electron chi connectivity index (χ2n) is 7.64. The van der Waals surface area contributed by atoms with Crippen molar-refractivity contribution in [2.24, 2.45) is 0 Å². The molecular formula is C20H20N6O3S. The van der Waals surface area contributed by atoms with Crippen LogP contribution in [0.4, 0.5) is 11.4 Å². The van der Waals surface area contributed by atoms with Crippen molar-refractivity contribution >= 4 is 27.3 Å². The summed E-state index contributed by atoms with van der Waals surface area (Å²) < 4.78 is 27.0. The number of benzene rings is 2. The Hall–Kier alpha value is -3.27. The third-order valence-electron chi connectivity index (χ3n) is 5.36. The summed E-state index contributed by atoms with van der Waals surface area (Å²) >= 11 is 0. The van der Waals surface area contributed by atoms with Gasteiger partial charge in [0, 0.05) is 23.4 Å². The number of nitrogens with one attached hydrogen (secondary N) is 1. The van der Waals surface area contributed by atoms with Gasteiger partial charge in [0.2, 0.25) is 10.0 Å². The van der Waals surface area contributed by atoms with Crippen molar-refractivity contribution in [2.75, 3.05) is 22.4 Å². The van der Waals surface area contributed by atoms with Crippen LogP contribution in [0, 0.1) is 0 Å². The van der Waals surface area contributed by atoms with Gasteiger partial charge in [-0.25, -0.2) is 13.1 Å². The van der Waals surface area contributed by atoms with E-state index in [-0.39, 0.29) is 5.91 Å². The second-order valence-corrected chi connectivity index (χ2v) is 9.55. The lowest BCUT2D eigenvalue weighted by Crippen LogP contribution is -2.27. The fraction of sp³-hybridized carbons (Fsp3) is 0.300. The lowest BCUT2D eigenvalue weighted by atomic mass is 10.1. The highest BCUT2D eigenvalue weighted by Crippen LogP contribution is 2.37. The van der Waals surface area contributed by atoms with Crippen molar-refractivity contribution in [3.05, 3.63) is 53.6 Å². The van der Waals surface area contributed by atoms with Gasteiger partial charge in [0.1, 0.15) is 0 Å². The number of tetrazole rings is 1. The normalized spacial score (nSPS) is 15.8. The van der Waals surface area contributed by atoms with E-state index in [2.05, 4.69) is 20.8 Å². The quantitative estimate of drug-likeness (QED) is 0.673. The first-order valence-corrected chi connectivity index (χ1v) is 11.6. The SMILES string of the molecule is CS(=O)(=O)N1CCc2cc(C(=O)Nc3cccc(-c4nnnn4C4CC4)c3)ccc21. The van der Waals surface area contributed by atoms with E-state index in [1.54, 1.807) is 18.2 Å². The lowest BCUT2D eigenvalue weighted by molar-refractivity contribution is 0.102. The monoisotopic (exact) mass is 424 g/mol. The molecule has 0 unspecified atom stereocenters. The number of carbonyl (C=O) groups excluding carboxylic acids is 1. The average Bonchev–Trinajstić information content (AvgIpc) is 3.26. The van der Waals surface area contributed by atoms with Crippen LogP contribution in [0.2, 0.25) is 0 Å². The van der Waals surface area contributed by atoms with Crippen molar-refractivity contribution in [3.63, 3.8) is 0 Å². The summed E-state index contributed by atoms with van der Waals surface area (Å²) in [6, 6.07) is 12.9. The van der Waals surface area contributed by atoms with E-state index in [4.69, 9.17) is 0 Å². The van der Waals surface area contributed by atoms with Crippen LogP contribution in [-0.4, -0.2) is 47.3 Å². The van der Waals surface area contributed by atoms with E-state index in [1.807, 2.05) is 28.9 Å². The third kappa shape index (κ3) is 3.43. The van der Waals surface area contributed by atoms with Crippen LogP contribution in [0.15, 0.2) is 42.5 Å². The van der Waals surface area contributed by atoms with E-state index in [0.29, 0.717) is 41.8 Å². The fourth-order valence-electron chi connectivity index (χ4n) is 3.75. The highest BCUT2D eigenvalue weighted by molar-refractivity contribution is 7.92. The lowest BCUT2D eigenvalue weighted by Gasteiger charge is -2.16. The molecule has 2 aliphatic rings. The third-order valence-corrected chi connectivity index (χ3v) is 6.54. The number of aromatic nitrogens is 4. The zero-order valence-electron chi connectivity index (χ0n) is 16.3. The molecular weight excluding hydrogens is 404 g/mol. The second kappa shape index (κ2) is 6.91. The minimum absolute atomic E-state index is 0.255. The smallest absolute Gasteiger partial charge is 0.255 e. The minimum atomic E-state index is -3.31. The molecule has 0 spiro atoms. The maximum Gasteiger partial charge on any atom is 0.255 e. The molecule has 0 radical (unpaired) electrons. The van der Waals surface area contributed by atoms with Gasteiger partial charge in [-0.1, -0.05) is 12.1 Å². The molecule has 10 heteroatoms. The van der Waals surface area contributed by atoms with Crippen molar-refractivity contribution in [1.82, 2.24) is 20.2 Å². The summed E-state index contributed by atoms with van der Waals surface area (Å²) in [5, 5.41) is 14.9. The van der Waals surface area contributed by atoms with Crippen molar-refractivity contribution in [2.45, 2.75) is 25.3 Å². The van der Waals surface area contributed by atoms with Crippen LogP contribution in [0.1, 0.15) is 34.8 Å². The molecule has 1 aliphatic carbocycles. The summed E-state index contributed by atoms with van der Waals surface area (Å²) in [4.78, 5) is 12.8. The molecule has 1 fully saturated rings. The molecule has 2 heterocycles. The van der Waals surface area contributed by atoms with E-state index in [9.17, 15) is 13.2 Å². The number of hydrogen-bond acceptors (Lipinski definition) is 6. The molecule has 0 bridgehead atoms. The van der Waals surface area contributed by atoms with Crippen molar-refractivity contribution < 1.29 is 13.2 Å². The van der Waals surface area contributed by atoms with E-state index in [1.165, 1.54) is 10.6 Å². The van der Waals surface area contributed by atoms with Gasteiger partial charge in [0.15, 0.2) is 5.82 Å². The van der Waals surface area contributed by atoms with Crippen LogP contribution in [-0.2, 0) is 16.4 Å². The highest BCUT2D eigenvalue weighted by Gasteiger charge is 2.29. The maximum atomic E-state index is 12.8. The molecule has 0 saturated heterocycles. The van der Waals surface area contributed by atoms with E-state index < -0.39 is 10.0 Å². The van der Waals surface area contributed by atoms with E-state index >= 15 is 0 Å². The van der Waals surface area contributed by atoms with Gasteiger partial charge >= 0.3 is 0 Å². The Kier molecular flexibility index (Phi) is 4.31. The number of hydrogen-bond donors (Lipinski definition) is 1. The number of fused-ring (bicyclic) bond motifs is 1. The predicted octanol–water partition coefficient (Wildman–Crippen LogP) is 2.25. The first-order chi connectivity index (χ1) is 14.4. The van der Waals surface area contributed by atoms with Gasteiger partial charge in [0.05, 0.1) is 18.0 Å². The molecule has 0 atom stereocenters. The topological polar surface area (TPSA) is 110 Å². The van der Waals surface area contributed by atoms with Crippen molar-refractivity contribution in [3.8, 4) is 11.4 Å². The van der Waals surface area contributed by atoms with Gasteiger partial charge in [-0.15, -0.1) is 5.10 Å². The van der Waals surface area contributed by atoms with Gasteiger partial charge in [-0.2, -0.15) is 0 Å². The number of anilines is 2. The molecule has 1 saturated carbocycles. The molecule has 1 N–H and O–H groups in total. The van der Waals surface area contributed by atoms with Crippen LogP contribution < -0.4 is 9.62 Å². The van der Waals surface area contributed by atoms with Gasteiger partial charge in [-0.3, -0.25) is 9.10 Å². The Morgan fingerprint density at radius 2 is 2.00 bits per heavy atom. The molecule has 3 aromatic rings. The molecule has 5 rings (SSSR count). The summed E-state index contributed by atoms with van der Waals surface area (Å²) in [5.41, 5.74) is 3.45. The molecule has 1 aromatic heterocycles. The highest BCUT2D eigenvalue weighted by atomic mass is 32.2. The predicted molar refractivity (Wildman–Crippen MR) is 112 cm³/mol. The molecule has 2 aromatic carbocycles. The zero-order valence-corrected chi connectivity index (χ0v) is 17.1. The maximum absolute atomic E-state index is 12.8. The number of nitrogens with zero attached hydrogens (tertiary/aromatic N) is 5. The minimum Gasteiger partial charge on any atom is -0.322 e. The molecule has 1 amide bonds. The van der Waals surface area contributed by atoms with Crippen LogP contribution in [0.3, 0.4) is 0 Å². The Labute approximate surface area is 173 Å². The summed E-state index contributed by atoms with van der Waals surface area (Å²) in [7, 11) is -3.31. The van der Waals surface area contributed by atoms with Crippen LogP contribution in [0.25, 0.3) is 11.4 Å².